The second-order valence-electron chi connectivity index (χ2n) is 13.8. The van der Waals surface area contributed by atoms with Gasteiger partial charge in [0.25, 0.3) is 5.91 Å². The highest BCUT2D eigenvalue weighted by Gasteiger charge is 2.51. The molecule has 3 fully saturated rings. The smallest absolute Gasteiger partial charge is 0.364 e. The van der Waals surface area contributed by atoms with E-state index in [-0.39, 0.29) is 40.5 Å². The van der Waals surface area contributed by atoms with Crippen molar-refractivity contribution in [1.82, 2.24) is 15.0 Å². The topological polar surface area (TPSA) is 69.9 Å². The number of alkyl halides is 3. The van der Waals surface area contributed by atoms with Gasteiger partial charge in [0.2, 0.25) is 5.91 Å². The third-order valence-electron chi connectivity index (χ3n) is 10.7. The van der Waals surface area contributed by atoms with Crippen LogP contribution in [0.3, 0.4) is 0 Å². The molecule has 3 aromatic rings. The number of benzene rings is 2. The molecule has 1 aromatic heterocycles. The third-order valence-corrected chi connectivity index (χ3v) is 10.7. The maximum atomic E-state index is 14.6. The summed E-state index contributed by atoms with van der Waals surface area (Å²) >= 11 is 0. The van der Waals surface area contributed by atoms with Crippen LogP contribution >= 0.6 is 0 Å². The molecule has 2 aromatic carbocycles. The van der Waals surface area contributed by atoms with Crippen molar-refractivity contribution in [3.8, 4) is 0 Å². The summed E-state index contributed by atoms with van der Waals surface area (Å²) in [5.41, 5.74) is 2.83. The van der Waals surface area contributed by atoms with Gasteiger partial charge in [-0.25, -0.2) is 0 Å². The fourth-order valence-electron chi connectivity index (χ4n) is 8.37. The summed E-state index contributed by atoms with van der Waals surface area (Å²) in [6.45, 7) is 12.1. The van der Waals surface area contributed by atoms with E-state index < -0.39 is 17.6 Å². The summed E-state index contributed by atoms with van der Waals surface area (Å²) in [6.07, 6.45) is 0.947. The lowest BCUT2D eigenvalue weighted by molar-refractivity contribution is -0.138. The van der Waals surface area contributed by atoms with E-state index in [2.05, 4.69) is 23.6 Å². The van der Waals surface area contributed by atoms with Crippen molar-refractivity contribution in [3.05, 3.63) is 94.4 Å². The number of rotatable bonds is 6. The standard InChI is InChI=1S/C35H37F3N4O3/c1-5-30(43)41-19-33(20-41)9-10-40(18-33)23(4)24-11-27-28(29(12-24)35(36,37)38)16-42(32(27)44)26-8-6-7-25(13-26)34(14-21(2)15-34)31-22(3)17-45-39-31/h5-8,11-13,17,21,23H,1,9-10,14-16,18-20H2,2-4H3/t21?,23-,34?/m0/s1. The first-order chi connectivity index (χ1) is 21.3. The summed E-state index contributed by atoms with van der Waals surface area (Å²) in [6, 6.07) is 10.2. The molecule has 0 bridgehead atoms. The van der Waals surface area contributed by atoms with Crippen LogP contribution in [0.1, 0.15) is 83.0 Å². The quantitative estimate of drug-likeness (QED) is 0.289. The van der Waals surface area contributed by atoms with E-state index in [4.69, 9.17) is 4.52 Å². The Bertz CT molecular complexity index is 1700. The Morgan fingerprint density at radius 2 is 1.93 bits per heavy atom. The molecule has 10 heteroatoms. The molecule has 1 saturated carbocycles. The van der Waals surface area contributed by atoms with Crippen LogP contribution in [0.25, 0.3) is 0 Å². The fraction of sp³-hybridized carbons (Fsp3) is 0.457. The van der Waals surface area contributed by atoms with E-state index >= 15 is 0 Å². The van der Waals surface area contributed by atoms with Gasteiger partial charge in [-0.05, 0) is 92.6 Å². The van der Waals surface area contributed by atoms with Crippen LogP contribution in [0.4, 0.5) is 18.9 Å². The molecule has 1 aliphatic carbocycles. The van der Waals surface area contributed by atoms with Crippen molar-refractivity contribution in [3.63, 3.8) is 0 Å². The Morgan fingerprint density at radius 1 is 1.18 bits per heavy atom. The summed E-state index contributed by atoms with van der Waals surface area (Å²) in [5, 5.41) is 4.32. The van der Waals surface area contributed by atoms with E-state index in [0.29, 0.717) is 43.3 Å². The molecule has 7 nitrogen and oxygen atoms in total. The number of hydrogen-bond donors (Lipinski definition) is 0. The minimum atomic E-state index is -4.61. The van der Waals surface area contributed by atoms with Gasteiger partial charge < -0.3 is 14.3 Å². The minimum Gasteiger partial charge on any atom is -0.364 e. The molecule has 1 atom stereocenters. The number of carbonyl (C=O) groups excluding carboxylic acids is 2. The highest BCUT2D eigenvalue weighted by Crippen LogP contribution is 2.53. The molecule has 0 unspecified atom stereocenters. The highest BCUT2D eigenvalue weighted by molar-refractivity contribution is 6.10. The number of nitrogens with zero attached hydrogens (tertiary/aromatic N) is 4. The normalized spacial score (nSPS) is 24.8. The van der Waals surface area contributed by atoms with Crippen molar-refractivity contribution in [2.45, 2.75) is 64.2 Å². The molecule has 2 saturated heterocycles. The van der Waals surface area contributed by atoms with Crippen molar-refractivity contribution in [2.75, 3.05) is 31.1 Å². The summed E-state index contributed by atoms with van der Waals surface area (Å²) in [7, 11) is 0. The van der Waals surface area contributed by atoms with Gasteiger partial charge in [-0.1, -0.05) is 30.8 Å². The van der Waals surface area contributed by atoms with Crippen LogP contribution in [-0.4, -0.2) is 52.9 Å². The number of carbonyl (C=O) groups is 2. The van der Waals surface area contributed by atoms with E-state index in [1.807, 2.05) is 32.0 Å². The number of fused-ring (bicyclic) bond motifs is 1. The van der Waals surface area contributed by atoms with E-state index in [0.717, 1.165) is 36.1 Å². The Labute approximate surface area is 260 Å². The number of halogens is 3. The SMILES string of the molecule is C=CC(=O)N1CC2(CCN([C@@H](C)c3cc4c(c(C(F)(F)F)c3)CN(c3cccc(C5(c6nocc6C)CC(C)C5)c3)C4=O)C2)C1. The van der Waals surface area contributed by atoms with Crippen LogP contribution in [0.15, 0.2) is 59.8 Å². The lowest BCUT2D eigenvalue weighted by Crippen LogP contribution is -2.59. The van der Waals surface area contributed by atoms with Crippen molar-refractivity contribution < 1.29 is 27.3 Å². The second kappa shape index (κ2) is 10.3. The first-order valence-electron chi connectivity index (χ1n) is 15.6. The molecule has 3 aliphatic heterocycles. The second-order valence-corrected chi connectivity index (χ2v) is 13.8. The van der Waals surface area contributed by atoms with E-state index in [1.165, 1.54) is 17.0 Å². The Morgan fingerprint density at radius 3 is 2.58 bits per heavy atom. The predicted molar refractivity (Wildman–Crippen MR) is 163 cm³/mol. The Balaban J connectivity index is 1.18. The van der Waals surface area contributed by atoms with E-state index in [1.54, 1.807) is 23.3 Å². The summed E-state index contributed by atoms with van der Waals surface area (Å²) in [5.74, 6) is -0.0359. The van der Waals surface area contributed by atoms with Crippen molar-refractivity contribution in [2.24, 2.45) is 11.3 Å². The van der Waals surface area contributed by atoms with Crippen molar-refractivity contribution >= 4 is 17.5 Å². The average Bonchev–Trinajstić information content (AvgIpc) is 3.70. The monoisotopic (exact) mass is 618 g/mol. The summed E-state index contributed by atoms with van der Waals surface area (Å²) < 4.78 is 49.0. The highest BCUT2D eigenvalue weighted by atomic mass is 19.4. The molecule has 0 N–H and O–H groups in total. The lowest BCUT2D eigenvalue weighted by atomic mass is 9.57. The maximum absolute atomic E-state index is 14.6. The molecule has 0 radical (unpaired) electrons. The number of amides is 2. The first-order valence-corrected chi connectivity index (χ1v) is 15.6. The molecule has 7 rings (SSSR count). The largest absolute Gasteiger partial charge is 0.416 e. The maximum Gasteiger partial charge on any atom is 0.416 e. The zero-order chi connectivity index (χ0) is 31.9. The van der Waals surface area contributed by atoms with Gasteiger partial charge in [-0.15, -0.1) is 0 Å². The fourth-order valence-corrected chi connectivity index (χ4v) is 8.37. The predicted octanol–water partition coefficient (Wildman–Crippen LogP) is 6.66. The van der Waals surface area contributed by atoms with Gasteiger partial charge in [-0.2, -0.15) is 13.2 Å². The molecule has 1 spiro atoms. The summed E-state index contributed by atoms with van der Waals surface area (Å²) in [4.78, 5) is 31.3. The molecule has 236 valence electrons. The van der Waals surface area contributed by atoms with Crippen LogP contribution in [0.5, 0.6) is 0 Å². The molecular formula is C35H37F3N4O3. The van der Waals surface area contributed by atoms with Crippen LogP contribution < -0.4 is 4.90 Å². The molecular weight excluding hydrogens is 581 g/mol. The van der Waals surface area contributed by atoms with E-state index in [9.17, 15) is 22.8 Å². The van der Waals surface area contributed by atoms with Gasteiger partial charge in [-0.3, -0.25) is 14.5 Å². The van der Waals surface area contributed by atoms with Gasteiger partial charge >= 0.3 is 6.18 Å². The average molecular weight is 619 g/mol. The molecule has 45 heavy (non-hydrogen) atoms. The van der Waals surface area contributed by atoms with Crippen molar-refractivity contribution in [1.29, 1.82) is 0 Å². The Kier molecular flexibility index (Phi) is 6.82. The van der Waals surface area contributed by atoms with Crippen LogP contribution in [0.2, 0.25) is 0 Å². The van der Waals surface area contributed by atoms with Gasteiger partial charge in [0, 0.05) is 53.3 Å². The number of anilines is 1. The number of likely N-dealkylation sites (tertiary alicyclic amines) is 2. The number of aryl methyl sites for hydroxylation is 1. The van der Waals surface area contributed by atoms with Gasteiger partial charge in [0.05, 0.1) is 17.8 Å². The van der Waals surface area contributed by atoms with Gasteiger partial charge in [0.15, 0.2) is 0 Å². The molecule has 2 amide bonds. The Hall–Kier alpha value is -3.92. The molecule has 4 aliphatic rings. The van der Waals surface area contributed by atoms with Crippen LogP contribution in [0, 0.1) is 18.3 Å². The number of aromatic nitrogens is 1. The zero-order valence-corrected chi connectivity index (χ0v) is 25.8. The lowest BCUT2D eigenvalue weighted by Gasteiger charge is -2.48. The molecule has 4 heterocycles. The number of hydrogen-bond acceptors (Lipinski definition) is 5. The minimum absolute atomic E-state index is 0.0173. The van der Waals surface area contributed by atoms with Crippen LogP contribution in [-0.2, 0) is 22.9 Å². The first kappa shape index (κ1) is 29.8. The van der Waals surface area contributed by atoms with Gasteiger partial charge in [0.1, 0.15) is 6.26 Å². The zero-order valence-electron chi connectivity index (χ0n) is 25.8. The third kappa shape index (κ3) is 4.71.